The zero-order valence-corrected chi connectivity index (χ0v) is 20.4. The fourth-order valence-electron chi connectivity index (χ4n) is 4.55. The first kappa shape index (κ1) is 23.9. The van der Waals surface area contributed by atoms with Crippen LogP contribution >= 0.6 is 0 Å². The van der Waals surface area contributed by atoms with Crippen molar-refractivity contribution in [3.8, 4) is 0 Å². The second kappa shape index (κ2) is 9.67. The molecule has 5 rings (SSSR count). The minimum absolute atomic E-state index is 0.0906. The number of anilines is 1. The van der Waals surface area contributed by atoms with Gasteiger partial charge in [0.25, 0.3) is 15.9 Å². The van der Waals surface area contributed by atoms with Crippen LogP contribution in [0.2, 0.25) is 0 Å². The van der Waals surface area contributed by atoms with Gasteiger partial charge in [-0.25, -0.2) is 8.42 Å². The predicted molar refractivity (Wildman–Crippen MR) is 137 cm³/mol. The van der Waals surface area contributed by atoms with E-state index in [9.17, 15) is 18.3 Å². The summed E-state index contributed by atoms with van der Waals surface area (Å²) < 4.78 is 28.6. The highest BCUT2D eigenvalue weighted by molar-refractivity contribution is 7.93. The van der Waals surface area contributed by atoms with Crippen molar-refractivity contribution >= 4 is 32.5 Å². The fraction of sp³-hybridized carbons (Fsp3) is 0.222. The Bertz CT molecular complexity index is 1480. The number of para-hydroxylation sites is 1. The molecule has 1 amide bonds. The quantitative estimate of drug-likeness (QED) is 0.416. The molecular weight excluding hydrogens is 476 g/mol. The highest BCUT2D eigenvalue weighted by atomic mass is 32.2. The molecule has 8 nitrogen and oxygen atoms in total. The summed E-state index contributed by atoms with van der Waals surface area (Å²) in [5.74, 6) is -0.147. The van der Waals surface area contributed by atoms with E-state index < -0.39 is 15.6 Å². The standard InChI is InChI=1S/C27H26N4O4S/c32-26(31-16-12-27(33,13-17-31)18-20-4-2-14-28-19-20)22-8-10-23(11-9-22)30-36(34,35)24-7-1-5-21-6-3-15-29-25(21)24/h1-11,14-15,19,30,33H,12-13,16-18H2. The lowest BCUT2D eigenvalue weighted by Crippen LogP contribution is -2.47. The van der Waals surface area contributed by atoms with E-state index in [-0.39, 0.29) is 10.8 Å². The number of benzene rings is 2. The number of carbonyl (C=O) groups is 1. The Morgan fingerprint density at radius 2 is 1.69 bits per heavy atom. The topological polar surface area (TPSA) is 112 Å². The molecule has 2 aromatic heterocycles. The summed E-state index contributed by atoms with van der Waals surface area (Å²) >= 11 is 0. The Hall–Kier alpha value is -3.82. The van der Waals surface area contributed by atoms with Crippen LogP contribution in [0.1, 0.15) is 28.8 Å². The summed E-state index contributed by atoms with van der Waals surface area (Å²) in [5, 5.41) is 11.7. The van der Waals surface area contributed by atoms with Crippen LogP contribution in [0.25, 0.3) is 10.9 Å². The largest absolute Gasteiger partial charge is 0.389 e. The first-order valence-corrected chi connectivity index (χ1v) is 13.2. The number of piperidine rings is 1. The van der Waals surface area contributed by atoms with E-state index in [1.54, 1.807) is 59.9 Å². The molecule has 1 fully saturated rings. The van der Waals surface area contributed by atoms with Crippen LogP contribution in [0.5, 0.6) is 0 Å². The number of amides is 1. The van der Waals surface area contributed by atoms with E-state index in [4.69, 9.17) is 0 Å². The zero-order chi connectivity index (χ0) is 25.2. The molecule has 4 aromatic rings. The molecule has 0 bridgehead atoms. The van der Waals surface area contributed by atoms with Gasteiger partial charge >= 0.3 is 0 Å². The number of rotatable bonds is 6. The summed E-state index contributed by atoms with van der Waals surface area (Å²) in [6.45, 7) is 0.885. The molecule has 184 valence electrons. The molecular formula is C27H26N4O4S. The van der Waals surface area contributed by atoms with E-state index >= 15 is 0 Å². The summed E-state index contributed by atoms with van der Waals surface area (Å²) in [4.78, 5) is 23.2. The van der Waals surface area contributed by atoms with Crippen LogP contribution < -0.4 is 4.72 Å². The number of pyridine rings is 2. The fourth-order valence-corrected chi connectivity index (χ4v) is 5.79. The second-order valence-corrected chi connectivity index (χ2v) is 10.7. The molecule has 0 spiro atoms. The summed E-state index contributed by atoms with van der Waals surface area (Å²) in [5.41, 5.74) is 1.31. The first-order valence-electron chi connectivity index (χ1n) is 11.7. The monoisotopic (exact) mass is 502 g/mol. The predicted octanol–water partition coefficient (Wildman–Crippen LogP) is 3.64. The zero-order valence-electron chi connectivity index (χ0n) is 19.5. The van der Waals surface area contributed by atoms with Gasteiger partial charge in [-0.05, 0) is 60.9 Å². The summed E-state index contributed by atoms with van der Waals surface area (Å²) in [7, 11) is -3.87. The number of nitrogens with zero attached hydrogens (tertiary/aromatic N) is 3. The number of likely N-dealkylation sites (tertiary alicyclic amines) is 1. The Kier molecular flexibility index (Phi) is 6.42. The van der Waals surface area contributed by atoms with Crippen LogP contribution in [0.3, 0.4) is 0 Å². The Labute approximate surface area is 209 Å². The molecule has 3 heterocycles. The van der Waals surface area contributed by atoms with Gasteiger partial charge in [-0.1, -0.05) is 24.3 Å². The lowest BCUT2D eigenvalue weighted by molar-refractivity contribution is -0.0162. The summed E-state index contributed by atoms with van der Waals surface area (Å²) in [6.07, 6.45) is 6.47. The molecule has 36 heavy (non-hydrogen) atoms. The molecule has 0 radical (unpaired) electrons. The Balaban J connectivity index is 1.24. The van der Waals surface area contributed by atoms with Gasteiger partial charge in [-0.15, -0.1) is 0 Å². The van der Waals surface area contributed by atoms with Crippen LogP contribution in [0.15, 0.2) is 90.2 Å². The van der Waals surface area contributed by atoms with Crippen LogP contribution in [0, 0.1) is 0 Å². The minimum Gasteiger partial charge on any atom is -0.389 e. The van der Waals surface area contributed by atoms with Gasteiger partial charge < -0.3 is 10.0 Å². The van der Waals surface area contributed by atoms with Gasteiger partial charge in [0.1, 0.15) is 4.90 Å². The van der Waals surface area contributed by atoms with Crippen LogP contribution in [0.4, 0.5) is 5.69 Å². The number of aromatic nitrogens is 2. The molecule has 0 unspecified atom stereocenters. The second-order valence-electron chi connectivity index (χ2n) is 9.07. The lowest BCUT2D eigenvalue weighted by Gasteiger charge is -2.38. The number of hydrogen-bond acceptors (Lipinski definition) is 6. The highest BCUT2D eigenvalue weighted by Gasteiger charge is 2.34. The number of nitrogens with one attached hydrogen (secondary N) is 1. The van der Waals surface area contributed by atoms with Crippen molar-refractivity contribution in [1.82, 2.24) is 14.9 Å². The van der Waals surface area contributed by atoms with Crippen molar-refractivity contribution in [3.05, 3.63) is 96.4 Å². The average Bonchev–Trinajstić information content (AvgIpc) is 2.89. The maximum Gasteiger partial charge on any atom is 0.264 e. The molecule has 9 heteroatoms. The summed E-state index contributed by atoms with van der Waals surface area (Å²) in [6, 6.07) is 18.7. The van der Waals surface area contributed by atoms with Crippen LogP contribution in [-0.4, -0.2) is 53.0 Å². The van der Waals surface area contributed by atoms with Crippen molar-refractivity contribution in [1.29, 1.82) is 0 Å². The van der Waals surface area contributed by atoms with Gasteiger partial charge in [0, 0.05) is 54.7 Å². The van der Waals surface area contributed by atoms with Gasteiger partial charge in [-0.2, -0.15) is 0 Å². The molecule has 2 aromatic carbocycles. The van der Waals surface area contributed by atoms with Gasteiger partial charge in [-0.3, -0.25) is 19.5 Å². The number of fused-ring (bicyclic) bond motifs is 1. The van der Waals surface area contributed by atoms with E-state index in [1.165, 1.54) is 6.07 Å². The average molecular weight is 503 g/mol. The van der Waals surface area contributed by atoms with Crippen LogP contribution in [-0.2, 0) is 16.4 Å². The van der Waals surface area contributed by atoms with E-state index in [2.05, 4.69) is 14.7 Å². The highest BCUT2D eigenvalue weighted by Crippen LogP contribution is 2.28. The van der Waals surface area contributed by atoms with Crippen molar-refractivity contribution < 1.29 is 18.3 Å². The van der Waals surface area contributed by atoms with Crippen molar-refractivity contribution in [2.75, 3.05) is 17.8 Å². The molecule has 0 atom stereocenters. The number of aliphatic hydroxyl groups is 1. The smallest absolute Gasteiger partial charge is 0.264 e. The minimum atomic E-state index is -3.87. The molecule has 1 aliphatic heterocycles. The number of hydrogen-bond donors (Lipinski definition) is 2. The van der Waals surface area contributed by atoms with E-state index in [1.807, 2.05) is 24.3 Å². The third-order valence-electron chi connectivity index (χ3n) is 6.51. The Morgan fingerprint density at radius 3 is 2.42 bits per heavy atom. The normalized spacial score (nSPS) is 15.5. The van der Waals surface area contributed by atoms with E-state index in [0.717, 1.165) is 10.9 Å². The number of carbonyl (C=O) groups excluding carboxylic acids is 1. The molecule has 0 saturated carbocycles. The molecule has 1 aliphatic rings. The molecule has 1 saturated heterocycles. The SMILES string of the molecule is O=C(c1ccc(NS(=O)(=O)c2cccc3cccnc23)cc1)N1CCC(O)(Cc2cccnc2)CC1. The molecule has 0 aliphatic carbocycles. The van der Waals surface area contributed by atoms with Gasteiger partial charge in [0.05, 0.1) is 11.1 Å². The third kappa shape index (κ3) is 5.07. The van der Waals surface area contributed by atoms with Gasteiger partial charge in [0.2, 0.25) is 0 Å². The maximum atomic E-state index is 13.0. The maximum absolute atomic E-state index is 13.0. The lowest BCUT2D eigenvalue weighted by atomic mass is 9.85. The number of sulfonamides is 1. The van der Waals surface area contributed by atoms with E-state index in [0.29, 0.717) is 49.1 Å². The first-order chi connectivity index (χ1) is 17.3. The van der Waals surface area contributed by atoms with Crippen molar-refractivity contribution in [3.63, 3.8) is 0 Å². The van der Waals surface area contributed by atoms with Gasteiger partial charge in [0.15, 0.2) is 0 Å². The molecule has 2 N–H and O–H groups in total. The third-order valence-corrected chi connectivity index (χ3v) is 7.92. The van der Waals surface area contributed by atoms with Crippen molar-refractivity contribution in [2.24, 2.45) is 0 Å². The van der Waals surface area contributed by atoms with Crippen molar-refractivity contribution in [2.45, 2.75) is 29.8 Å². The Morgan fingerprint density at radius 1 is 0.972 bits per heavy atom.